The maximum absolute atomic E-state index is 13.8. The second-order valence-electron chi connectivity index (χ2n) is 14.4. The quantitative estimate of drug-likeness (QED) is 0.0305. The average molecular weight is 802 g/mol. The van der Waals surface area contributed by atoms with E-state index >= 15 is 0 Å². The lowest BCUT2D eigenvalue weighted by Gasteiger charge is -2.43. The standard InChI is InChI=1S/C38H59N9O10/c1-24(7-12-30(39)48)35(52)46-28(21-32(50)51)36(53)43-15-18-57-20-19-56-17-14-42-31(49)23-44-33(26-5-3-2-4-6-26)38(55)47-16-13-29(47)37(54)45-22-25-8-10-27(11-9-25)34(40)41/h8-11,24,26,28-29,33,44H,2-7,12-23H2,1H3,(H2,39,48)(H3,40,41)(H,42,49)(H,43,53)(H,45,54)(H,46,52)(H,50,51)/t24-,28-,29-,33+/m0/s1. The molecule has 1 saturated carbocycles. The zero-order valence-corrected chi connectivity index (χ0v) is 32.6. The Balaban J connectivity index is 1.32. The van der Waals surface area contributed by atoms with Gasteiger partial charge in [-0.15, -0.1) is 0 Å². The predicted molar refractivity (Wildman–Crippen MR) is 207 cm³/mol. The predicted octanol–water partition coefficient (Wildman–Crippen LogP) is -1.15. The molecule has 1 heterocycles. The van der Waals surface area contributed by atoms with Crippen LogP contribution >= 0.6 is 0 Å². The molecule has 0 bridgehead atoms. The van der Waals surface area contributed by atoms with Crippen LogP contribution < -0.4 is 38.1 Å². The lowest BCUT2D eigenvalue weighted by atomic mass is 9.82. The smallest absolute Gasteiger partial charge is 0.305 e. The number of amidine groups is 1. The molecular formula is C38H59N9O10. The first kappa shape index (κ1) is 46.2. The summed E-state index contributed by atoms with van der Waals surface area (Å²) >= 11 is 0. The Kier molecular flexibility index (Phi) is 19.9. The van der Waals surface area contributed by atoms with Gasteiger partial charge >= 0.3 is 5.97 Å². The van der Waals surface area contributed by atoms with Gasteiger partial charge in [-0.3, -0.25) is 44.3 Å². The molecule has 1 aromatic carbocycles. The van der Waals surface area contributed by atoms with E-state index in [1.54, 1.807) is 36.1 Å². The number of carboxylic acids is 1. The summed E-state index contributed by atoms with van der Waals surface area (Å²) in [4.78, 5) is 88.2. The number of nitrogens with zero attached hydrogens (tertiary/aromatic N) is 1. The van der Waals surface area contributed by atoms with Gasteiger partial charge in [-0.05, 0) is 37.2 Å². The Bertz CT molecular complexity index is 1540. The van der Waals surface area contributed by atoms with Crippen LogP contribution in [0.4, 0.5) is 0 Å². The third-order valence-corrected chi connectivity index (χ3v) is 9.98. The van der Waals surface area contributed by atoms with Crippen LogP contribution in [0.1, 0.15) is 75.8 Å². The molecule has 1 aliphatic carbocycles. The van der Waals surface area contributed by atoms with E-state index in [0.29, 0.717) is 18.5 Å². The summed E-state index contributed by atoms with van der Waals surface area (Å²) in [5.74, 6) is -4.44. The molecule has 11 N–H and O–H groups in total. The van der Waals surface area contributed by atoms with Crippen molar-refractivity contribution in [2.24, 2.45) is 23.3 Å². The maximum Gasteiger partial charge on any atom is 0.305 e. The highest BCUT2D eigenvalue weighted by atomic mass is 16.5. The summed E-state index contributed by atoms with van der Waals surface area (Å²) < 4.78 is 10.9. The minimum Gasteiger partial charge on any atom is -0.481 e. The number of amides is 6. The summed E-state index contributed by atoms with van der Waals surface area (Å²) in [6.07, 6.45) is 4.89. The number of aliphatic carboxylic acids is 1. The molecule has 0 unspecified atom stereocenters. The molecule has 3 rings (SSSR count). The Morgan fingerprint density at radius 2 is 1.53 bits per heavy atom. The molecule has 6 amide bonds. The van der Waals surface area contributed by atoms with Crippen LogP contribution in [-0.2, 0) is 49.6 Å². The van der Waals surface area contributed by atoms with E-state index in [0.717, 1.165) is 37.7 Å². The first-order valence-corrected chi connectivity index (χ1v) is 19.5. The Morgan fingerprint density at radius 3 is 2.11 bits per heavy atom. The number of carbonyl (C=O) groups excluding carboxylic acids is 6. The van der Waals surface area contributed by atoms with Crippen molar-refractivity contribution >= 4 is 47.2 Å². The summed E-state index contributed by atoms with van der Waals surface area (Å²) in [6, 6.07) is 4.54. The number of hydrogen-bond donors (Lipinski definition) is 9. The lowest BCUT2D eigenvalue weighted by Crippen LogP contribution is -2.63. The number of likely N-dealkylation sites (tertiary alicyclic amines) is 1. The molecule has 0 aromatic heterocycles. The van der Waals surface area contributed by atoms with E-state index in [-0.39, 0.29) is 94.9 Å². The van der Waals surface area contributed by atoms with Crippen molar-refractivity contribution in [1.29, 1.82) is 5.41 Å². The van der Waals surface area contributed by atoms with Gasteiger partial charge in [0.05, 0.1) is 45.4 Å². The van der Waals surface area contributed by atoms with Crippen molar-refractivity contribution in [1.82, 2.24) is 31.5 Å². The monoisotopic (exact) mass is 801 g/mol. The van der Waals surface area contributed by atoms with Gasteiger partial charge in [0, 0.05) is 44.1 Å². The van der Waals surface area contributed by atoms with Crippen molar-refractivity contribution < 1.29 is 48.1 Å². The van der Waals surface area contributed by atoms with Crippen molar-refractivity contribution in [2.45, 2.75) is 89.4 Å². The van der Waals surface area contributed by atoms with Gasteiger partial charge in [-0.1, -0.05) is 50.5 Å². The minimum atomic E-state index is -1.30. The summed E-state index contributed by atoms with van der Waals surface area (Å²) in [5.41, 5.74) is 12.1. The van der Waals surface area contributed by atoms with E-state index in [4.69, 9.17) is 31.5 Å². The highest BCUT2D eigenvalue weighted by Crippen LogP contribution is 2.29. The van der Waals surface area contributed by atoms with Gasteiger partial charge in [-0.2, -0.15) is 0 Å². The fourth-order valence-corrected chi connectivity index (χ4v) is 6.54. The molecule has 19 nitrogen and oxygen atoms in total. The Morgan fingerprint density at radius 1 is 0.877 bits per heavy atom. The first-order chi connectivity index (χ1) is 27.3. The summed E-state index contributed by atoms with van der Waals surface area (Å²) in [5, 5.41) is 30.5. The maximum atomic E-state index is 13.8. The van der Waals surface area contributed by atoms with Crippen molar-refractivity contribution in [3.8, 4) is 0 Å². The van der Waals surface area contributed by atoms with E-state index in [9.17, 15) is 33.6 Å². The Hall–Kier alpha value is -5.14. The molecule has 2 fully saturated rings. The molecule has 2 aliphatic rings. The van der Waals surface area contributed by atoms with Gasteiger partial charge in [-0.25, -0.2) is 0 Å². The van der Waals surface area contributed by atoms with E-state index in [2.05, 4.69) is 26.6 Å². The van der Waals surface area contributed by atoms with Gasteiger partial charge in [0.25, 0.3) is 0 Å². The van der Waals surface area contributed by atoms with Gasteiger partial charge in [0.2, 0.25) is 35.4 Å². The number of rotatable bonds is 26. The highest BCUT2D eigenvalue weighted by molar-refractivity contribution is 5.95. The number of benzene rings is 1. The lowest BCUT2D eigenvalue weighted by molar-refractivity contribution is -0.150. The number of primary amides is 1. The highest BCUT2D eigenvalue weighted by Gasteiger charge is 2.42. The molecule has 57 heavy (non-hydrogen) atoms. The van der Waals surface area contributed by atoms with Crippen LogP contribution in [0.5, 0.6) is 0 Å². The van der Waals surface area contributed by atoms with Crippen LogP contribution in [-0.4, -0.2) is 128 Å². The number of nitrogen functional groups attached to an aromatic ring is 1. The first-order valence-electron chi connectivity index (χ1n) is 19.5. The number of ether oxygens (including phenoxy) is 2. The van der Waals surface area contributed by atoms with Gasteiger partial charge in [0.15, 0.2) is 0 Å². The minimum absolute atomic E-state index is 0.0175. The van der Waals surface area contributed by atoms with Gasteiger partial charge in [0.1, 0.15) is 17.9 Å². The molecule has 1 aliphatic heterocycles. The van der Waals surface area contributed by atoms with Crippen molar-refractivity contribution in [3.05, 3.63) is 35.4 Å². The third kappa shape index (κ3) is 16.5. The Labute approximate surface area is 332 Å². The van der Waals surface area contributed by atoms with Crippen LogP contribution in [0.2, 0.25) is 0 Å². The van der Waals surface area contributed by atoms with Crippen LogP contribution in [0.15, 0.2) is 24.3 Å². The zero-order chi connectivity index (χ0) is 41.7. The van der Waals surface area contributed by atoms with E-state index in [1.807, 2.05) is 0 Å². The molecule has 0 radical (unpaired) electrons. The van der Waals surface area contributed by atoms with Gasteiger partial charge < -0.3 is 52.2 Å². The second kappa shape index (κ2) is 24.5. The molecule has 4 atom stereocenters. The van der Waals surface area contributed by atoms with Crippen LogP contribution in [0.25, 0.3) is 0 Å². The molecular weight excluding hydrogens is 742 g/mol. The molecule has 1 aromatic rings. The number of nitrogens with one attached hydrogen (secondary N) is 6. The average Bonchev–Trinajstić information content (AvgIpc) is 3.16. The van der Waals surface area contributed by atoms with Crippen LogP contribution in [0.3, 0.4) is 0 Å². The van der Waals surface area contributed by atoms with Crippen LogP contribution in [0, 0.1) is 17.2 Å². The normalized spacial score (nSPS) is 16.9. The summed E-state index contributed by atoms with van der Waals surface area (Å²) in [7, 11) is 0. The number of nitrogens with two attached hydrogens (primary N) is 2. The molecule has 316 valence electrons. The molecule has 0 spiro atoms. The van der Waals surface area contributed by atoms with E-state index < -0.39 is 54.2 Å². The SMILES string of the molecule is C[C@@H](CCC(N)=O)C(=O)N[C@@H](CC(=O)O)C(=O)NCCOCCOCCNC(=O)CN[C@@H](C(=O)N1CC[C@H]1C(=O)NCc1ccc(C(=N)N)cc1)C1CCCCC1. The molecule has 19 heteroatoms. The fourth-order valence-electron chi connectivity index (χ4n) is 6.54. The summed E-state index contributed by atoms with van der Waals surface area (Å²) in [6.45, 7) is 3.19. The fraction of sp³-hybridized carbons (Fsp3) is 0.632. The number of carboxylic acid groups (broad SMARTS) is 1. The number of hydrogen-bond acceptors (Lipinski definition) is 11. The van der Waals surface area contributed by atoms with Crippen molar-refractivity contribution in [2.75, 3.05) is 52.6 Å². The largest absolute Gasteiger partial charge is 0.481 e. The third-order valence-electron chi connectivity index (χ3n) is 9.98. The van der Waals surface area contributed by atoms with E-state index in [1.165, 1.54) is 0 Å². The second-order valence-corrected chi connectivity index (χ2v) is 14.4. The number of carbonyl (C=O) groups is 7. The van der Waals surface area contributed by atoms with Crippen molar-refractivity contribution in [3.63, 3.8) is 0 Å². The molecule has 1 saturated heterocycles. The topological polar surface area (TPSA) is 297 Å². The zero-order valence-electron chi connectivity index (χ0n) is 32.6.